The summed E-state index contributed by atoms with van der Waals surface area (Å²) in [6.45, 7) is 1.95. The van der Waals surface area contributed by atoms with Gasteiger partial charge in [-0.1, -0.05) is 46.3 Å². The first-order valence-corrected chi connectivity index (χ1v) is 7.11. The third-order valence-corrected chi connectivity index (χ3v) is 3.79. The van der Waals surface area contributed by atoms with Crippen molar-refractivity contribution in [2.45, 2.75) is 13.0 Å². The van der Waals surface area contributed by atoms with Crippen molar-refractivity contribution in [2.24, 2.45) is 0 Å². The van der Waals surface area contributed by atoms with E-state index >= 15 is 0 Å². The Labute approximate surface area is 127 Å². The number of carbonyl (C=O) groups is 1. The van der Waals surface area contributed by atoms with Gasteiger partial charge in [-0.15, -0.1) is 0 Å². The molecule has 0 spiro atoms. The van der Waals surface area contributed by atoms with E-state index < -0.39 is 0 Å². The highest BCUT2D eigenvalue weighted by atomic mass is 79.9. The fourth-order valence-electron chi connectivity index (χ4n) is 2.01. The average molecular weight is 334 g/mol. The lowest BCUT2D eigenvalue weighted by atomic mass is 10.1. The van der Waals surface area contributed by atoms with E-state index in [-0.39, 0.29) is 11.9 Å². The largest absolute Gasteiger partial charge is 0.496 e. The highest BCUT2D eigenvalue weighted by Crippen LogP contribution is 2.24. The van der Waals surface area contributed by atoms with Crippen LogP contribution in [0.2, 0.25) is 0 Å². The van der Waals surface area contributed by atoms with E-state index in [4.69, 9.17) is 4.74 Å². The second kappa shape index (κ2) is 6.57. The number of benzene rings is 2. The van der Waals surface area contributed by atoms with Crippen LogP contribution in [-0.4, -0.2) is 13.0 Å². The smallest absolute Gasteiger partial charge is 0.255 e. The minimum atomic E-state index is -0.147. The van der Waals surface area contributed by atoms with Gasteiger partial charge < -0.3 is 10.1 Å². The van der Waals surface area contributed by atoms with Crippen LogP contribution in [0.15, 0.2) is 53.0 Å². The van der Waals surface area contributed by atoms with E-state index in [9.17, 15) is 4.79 Å². The molecule has 0 bridgehead atoms. The zero-order valence-corrected chi connectivity index (χ0v) is 13.0. The topological polar surface area (TPSA) is 38.3 Å². The third-order valence-electron chi connectivity index (χ3n) is 3.07. The second-order valence-corrected chi connectivity index (χ2v) is 5.27. The van der Waals surface area contributed by atoms with Crippen molar-refractivity contribution in [3.05, 3.63) is 64.1 Å². The number of nitrogens with one attached hydrogen (secondary N) is 1. The Balaban J connectivity index is 2.18. The maximum atomic E-state index is 12.3. The Morgan fingerprint density at radius 3 is 2.50 bits per heavy atom. The summed E-state index contributed by atoms with van der Waals surface area (Å²) in [7, 11) is 1.56. The molecule has 4 heteroatoms. The molecule has 1 amide bonds. The van der Waals surface area contributed by atoms with Crippen molar-refractivity contribution < 1.29 is 9.53 Å². The van der Waals surface area contributed by atoms with Gasteiger partial charge in [0.05, 0.1) is 18.7 Å². The van der Waals surface area contributed by atoms with Crippen LogP contribution in [0.5, 0.6) is 5.75 Å². The number of halogens is 1. The van der Waals surface area contributed by atoms with Crippen LogP contribution < -0.4 is 10.1 Å². The molecule has 0 heterocycles. The third kappa shape index (κ3) is 3.20. The molecule has 0 fully saturated rings. The van der Waals surface area contributed by atoms with Crippen molar-refractivity contribution in [3.8, 4) is 5.75 Å². The number of methoxy groups -OCH3 is 1. The number of para-hydroxylation sites is 1. The van der Waals surface area contributed by atoms with Crippen LogP contribution in [0, 0.1) is 0 Å². The minimum Gasteiger partial charge on any atom is -0.496 e. The molecule has 0 aromatic heterocycles. The van der Waals surface area contributed by atoms with Crippen molar-refractivity contribution in [2.75, 3.05) is 7.11 Å². The molecule has 2 aromatic rings. The van der Waals surface area contributed by atoms with E-state index in [1.165, 1.54) is 0 Å². The van der Waals surface area contributed by atoms with E-state index in [1.54, 1.807) is 19.2 Å². The van der Waals surface area contributed by atoms with Crippen molar-refractivity contribution >= 4 is 21.8 Å². The molecule has 2 rings (SSSR count). The molecule has 1 unspecified atom stereocenters. The van der Waals surface area contributed by atoms with Gasteiger partial charge in [-0.3, -0.25) is 4.79 Å². The molecule has 0 radical (unpaired) electrons. The maximum absolute atomic E-state index is 12.3. The van der Waals surface area contributed by atoms with Gasteiger partial charge in [-0.2, -0.15) is 0 Å². The first-order chi connectivity index (χ1) is 9.63. The predicted molar refractivity (Wildman–Crippen MR) is 83.0 cm³/mol. The van der Waals surface area contributed by atoms with Crippen LogP contribution in [-0.2, 0) is 0 Å². The van der Waals surface area contributed by atoms with E-state index in [0.29, 0.717) is 11.3 Å². The van der Waals surface area contributed by atoms with Crippen molar-refractivity contribution in [1.29, 1.82) is 0 Å². The van der Waals surface area contributed by atoms with Gasteiger partial charge in [0, 0.05) is 4.47 Å². The summed E-state index contributed by atoms with van der Waals surface area (Å²) in [5.74, 6) is 0.426. The molecule has 0 aliphatic rings. The van der Waals surface area contributed by atoms with Crippen LogP contribution in [0.3, 0.4) is 0 Å². The van der Waals surface area contributed by atoms with Gasteiger partial charge >= 0.3 is 0 Å². The van der Waals surface area contributed by atoms with Crippen molar-refractivity contribution in [1.82, 2.24) is 5.32 Å². The summed E-state index contributed by atoms with van der Waals surface area (Å²) in [5.41, 5.74) is 1.57. The van der Waals surface area contributed by atoms with E-state index in [1.807, 2.05) is 43.3 Å². The predicted octanol–water partition coefficient (Wildman–Crippen LogP) is 3.95. The van der Waals surface area contributed by atoms with Crippen LogP contribution in [0.1, 0.15) is 28.9 Å². The second-order valence-electron chi connectivity index (χ2n) is 4.42. The molecule has 0 saturated carbocycles. The maximum Gasteiger partial charge on any atom is 0.255 e. The average Bonchev–Trinajstić information content (AvgIpc) is 2.47. The summed E-state index contributed by atoms with van der Waals surface area (Å²) in [6.07, 6.45) is 0. The Kier molecular flexibility index (Phi) is 4.79. The Morgan fingerprint density at radius 2 is 1.80 bits per heavy atom. The summed E-state index contributed by atoms with van der Waals surface area (Å²) in [5, 5.41) is 2.98. The standard InChI is InChI=1S/C16H16BrNO2/c1-11(12-7-3-5-9-14(12)17)18-16(19)13-8-4-6-10-15(13)20-2/h3-11H,1-2H3,(H,18,19). The molecule has 1 atom stereocenters. The molecule has 20 heavy (non-hydrogen) atoms. The minimum absolute atomic E-state index is 0.0945. The highest BCUT2D eigenvalue weighted by Gasteiger charge is 2.16. The number of carbonyl (C=O) groups excluding carboxylic acids is 1. The number of hydrogen-bond donors (Lipinski definition) is 1. The summed E-state index contributed by atoms with van der Waals surface area (Å²) in [4.78, 5) is 12.3. The number of ether oxygens (including phenoxy) is 1. The van der Waals surface area contributed by atoms with Gasteiger partial charge in [0.1, 0.15) is 5.75 Å². The SMILES string of the molecule is COc1ccccc1C(=O)NC(C)c1ccccc1Br. The monoisotopic (exact) mass is 333 g/mol. The zero-order valence-electron chi connectivity index (χ0n) is 11.4. The first kappa shape index (κ1) is 14.6. The highest BCUT2D eigenvalue weighted by molar-refractivity contribution is 9.10. The van der Waals surface area contributed by atoms with Gasteiger partial charge in [0.25, 0.3) is 5.91 Å². The molecule has 2 aromatic carbocycles. The fraction of sp³-hybridized carbons (Fsp3) is 0.188. The zero-order chi connectivity index (χ0) is 14.5. The van der Waals surface area contributed by atoms with Gasteiger partial charge in [-0.05, 0) is 30.7 Å². The Bertz CT molecular complexity index is 613. The molecule has 0 saturated heterocycles. The van der Waals surface area contributed by atoms with Crippen LogP contribution >= 0.6 is 15.9 Å². The quantitative estimate of drug-likeness (QED) is 0.919. The molecular formula is C16H16BrNO2. The van der Waals surface area contributed by atoms with Crippen LogP contribution in [0.4, 0.5) is 0 Å². The lowest BCUT2D eigenvalue weighted by molar-refractivity contribution is 0.0936. The number of rotatable bonds is 4. The van der Waals surface area contributed by atoms with Gasteiger partial charge in [-0.25, -0.2) is 0 Å². The number of amides is 1. The first-order valence-electron chi connectivity index (χ1n) is 6.31. The molecule has 0 aliphatic carbocycles. The Hall–Kier alpha value is -1.81. The molecular weight excluding hydrogens is 318 g/mol. The molecule has 1 N–H and O–H groups in total. The summed E-state index contributed by atoms with van der Waals surface area (Å²) in [6, 6.07) is 14.9. The lowest BCUT2D eigenvalue weighted by Crippen LogP contribution is -2.27. The normalized spacial score (nSPS) is 11.8. The summed E-state index contributed by atoms with van der Waals surface area (Å²) >= 11 is 3.50. The molecule has 3 nitrogen and oxygen atoms in total. The van der Waals surface area contributed by atoms with E-state index in [2.05, 4.69) is 21.2 Å². The van der Waals surface area contributed by atoms with Crippen molar-refractivity contribution in [3.63, 3.8) is 0 Å². The number of hydrogen-bond acceptors (Lipinski definition) is 2. The van der Waals surface area contributed by atoms with Gasteiger partial charge in [0.2, 0.25) is 0 Å². The van der Waals surface area contributed by atoms with Gasteiger partial charge in [0.15, 0.2) is 0 Å². The molecule has 104 valence electrons. The summed E-state index contributed by atoms with van der Waals surface area (Å²) < 4.78 is 6.19. The molecule has 0 aliphatic heterocycles. The Morgan fingerprint density at radius 1 is 1.15 bits per heavy atom. The van der Waals surface area contributed by atoms with E-state index in [0.717, 1.165) is 10.0 Å². The lowest BCUT2D eigenvalue weighted by Gasteiger charge is -2.16. The fourth-order valence-corrected chi connectivity index (χ4v) is 2.64. The van der Waals surface area contributed by atoms with Crippen LogP contribution in [0.25, 0.3) is 0 Å².